The van der Waals surface area contributed by atoms with Crippen LogP contribution in [-0.4, -0.2) is 38.0 Å². The monoisotopic (exact) mass is 296 g/mol. The number of carbonyl (C=O) groups is 1. The van der Waals surface area contributed by atoms with Gasteiger partial charge in [-0.05, 0) is 29.0 Å². The van der Waals surface area contributed by atoms with Crippen molar-refractivity contribution >= 4 is 34.2 Å². The van der Waals surface area contributed by atoms with Crippen molar-refractivity contribution in [3.63, 3.8) is 0 Å². The number of hydrogen-bond donors (Lipinski definition) is 1. The average Bonchev–Trinajstić information content (AvgIpc) is 2.59. The van der Waals surface area contributed by atoms with Crippen LogP contribution in [-0.2, 0) is 0 Å². The van der Waals surface area contributed by atoms with Gasteiger partial charge < -0.3 is 14.6 Å². The third kappa shape index (κ3) is 3.85. The van der Waals surface area contributed by atoms with E-state index in [1.807, 2.05) is 7.05 Å². The Morgan fingerprint density at radius 3 is 2.80 bits per heavy atom. The van der Waals surface area contributed by atoms with Crippen LogP contribution in [0.1, 0.15) is 10.6 Å². The number of likely N-dealkylation sites (N-methyl/N-ethyl adjacent to an activating group) is 2. The van der Waals surface area contributed by atoms with Crippen molar-refractivity contribution in [3.05, 3.63) is 22.6 Å². The predicted molar refractivity (Wildman–Crippen MR) is 64.5 cm³/mol. The molecular formula is C9H14BrClN2O2. The molecule has 0 unspecified atom stereocenters. The summed E-state index contributed by atoms with van der Waals surface area (Å²) in [6.45, 7) is 1.42. The second-order valence-electron chi connectivity index (χ2n) is 2.93. The summed E-state index contributed by atoms with van der Waals surface area (Å²) >= 11 is 3.25. The van der Waals surface area contributed by atoms with E-state index in [1.165, 1.54) is 6.26 Å². The zero-order valence-corrected chi connectivity index (χ0v) is 11.0. The van der Waals surface area contributed by atoms with E-state index >= 15 is 0 Å². The molecule has 0 aromatic carbocycles. The molecule has 0 radical (unpaired) electrons. The molecule has 1 amide bonds. The molecule has 0 aliphatic rings. The molecule has 6 heteroatoms. The van der Waals surface area contributed by atoms with Crippen LogP contribution in [0.4, 0.5) is 0 Å². The number of nitrogens with one attached hydrogen (secondary N) is 1. The van der Waals surface area contributed by atoms with Gasteiger partial charge in [0.25, 0.3) is 5.91 Å². The third-order valence-corrected chi connectivity index (χ3v) is 2.48. The highest BCUT2D eigenvalue weighted by atomic mass is 79.9. The lowest BCUT2D eigenvalue weighted by Gasteiger charge is -2.15. The highest BCUT2D eigenvalue weighted by molar-refractivity contribution is 9.10. The number of furan rings is 1. The van der Waals surface area contributed by atoms with E-state index in [0.29, 0.717) is 16.8 Å². The number of carbonyl (C=O) groups excluding carboxylic acids is 1. The Kier molecular flexibility index (Phi) is 6.63. The molecule has 0 fully saturated rings. The lowest BCUT2D eigenvalue weighted by Crippen LogP contribution is -2.32. The zero-order valence-electron chi connectivity index (χ0n) is 8.62. The Morgan fingerprint density at radius 2 is 2.33 bits per heavy atom. The summed E-state index contributed by atoms with van der Waals surface area (Å²) in [5, 5.41) is 2.98. The predicted octanol–water partition coefficient (Wildman–Crippen LogP) is 1.76. The first-order valence-electron chi connectivity index (χ1n) is 4.30. The van der Waals surface area contributed by atoms with E-state index in [9.17, 15) is 4.79 Å². The third-order valence-electron chi connectivity index (χ3n) is 1.86. The molecule has 0 atom stereocenters. The molecule has 1 heterocycles. The van der Waals surface area contributed by atoms with Crippen LogP contribution in [0.15, 0.2) is 21.2 Å². The Hall–Kier alpha value is -0.520. The number of nitrogens with zero attached hydrogens (tertiary/aromatic N) is 1. The number of hydrogen-bond acceptors (Lipinski definition) is 3. The molecule has 0 bridgehead atoms. The van der Waals surface area contributed by atoms with E-state index in [-0.39, 0.29) is 18.3 Å². The van der Waals surface area contributed by atoms with Crippen molar-refractivity contribution in [3.8, 4) is 0 Å². The van der Waals surface area contributed by atoms with Gasteiger partial charge in [0.15, 0.2) is 0 Å². The highest BCUT2D eigenvalue weighted by Gasteiger charge is 2.17. The maximum Gasteiger partial charge on any atom is 0.290 e. The summed E-state index contributed by atoms with van der Waals surface area (Å²) in [6.07, 6.45) is 1.49. The van der Waals surface area contributed by atoms with Gasteiger partial charge in [0, 0.05) is 20.1 Å². The largest absolute Gasteiger partial charge is 0.458 e. The maximum atomic E-state index is 11.7. The van der Waals surface area contributed by atoms with Gasteiger partial charge >= 0.3 is 0 Å². The minimum absolute atomic E-state index is 0. The van der Waals surface area contributed by atoms with Crippen LogP contribution in [0.25, 0.3) is 0 Å². The molecule has 86 valence electrons. The van der Waals surface area contributed by atoms with E-state index in [2.05, 4.69) is 21.2 Å². The van der Waals surface area contributed by atoms with Crippen molar-refractivity contribution in [2.45, 2.75) is 0 Å². The Labute approximate surface area is 104 Å². The van der Waals surface area contributed by atoms with Gasteiger partial charge in [-0.1, -0.05) is 0 Å². The normalized spacial score (nSPS) is 9.53. The summed E-state index contributed by atoms with van der Waals surface area (Å²) in [5.74, 6) is 0.237. The number of rotatable bonds is 4. The van der Waals surface area contributed by atoms with Gasteiger partial charge in [-0.2, -0.15) is 0 Å². The van der Waals surface area contributed by atoms with Crippen LogP contribution < -0.4 is 5.32 Å². The second-order valence-corrected chi connectivity index (χ2v) is 3.78. The minimum Gasteiger partial charge on any atom is -0.458 e. The first-order chi connectivity index (χ1) is 6.66. The van der Waals surface area contributed by atoms with Crippen LogP contribution >= 0.6 is 28.3 Å². The summed E-state index contributed by atoms with van der Waals surface area (Å²) < 4.78 is 5.76. The molecule has 1 N–H and O–H groups in total. The SMILES string of the molecule is CNCCN(C)C(=O)c1occc1Br.Cl. The first-order valence-corrected chi connectivity index (χ1v) is 5.09. The fraction of sp³-hybridized carbons (Fsp3) is 0.444. The molecule has 1 rings (SSSR count). The van der Waals surface area contributed by atoms with E-state index in [4.69, 9.17) is 4.42 Å². The lowest BCUT2D eigenvalue weighted by molar-refractivity contribution is 0.0764. The molecule has 15 heavy (non-hydrogen) atoms. The summed E-state index contributed by atoms with van der Waals surface area (Å²) in [4.78, 5) is 13.3. The molecule has 0 saturated heterocycles. The smallest absolute Gasteiger partial charge is 0.290 e. The molecule has 0 spiro atoms. The Bertz CT molecular complexity index is 317. The van der Waals surface area contributed by atoms with Crippen molar-refractivity contribution in [2.75, 3.05) is 27.2 Å². The van der Waals surface area contributed by atoms with Crippen molar-refractivity contribution in [2.24, 2.45) is 0 Å². The van der Waals surface area contributed by atoms with Gasteiger partial charge in [-0.3, -0.25) is 4.79 Å². The fourth-order valence-corrected chi connectivity index (χ4v) is 1.37. The number of amides is 1. The fourth-order valence-electron chi connectivity index (χ4n) is 1.00. The molecule has 0 aliphatic heterocycles. The van der Waals surface area contributed by atoms with Crippen LogP contribution in [0.3, 0.4) is 0 Å². The standard InChI is InChI=1S/C9H13BrN2O2.ClH/c1-11-4-5-12(2)9(13)8-7(10)3-6-14-8;/h3,6,11H,4-5H2,1-2H3;1H. The van der Waals surface area contributed by atoms with Crippen LogP contribution in [0, 0.1) is 0 Å². The van der Waals surface area contributed by atoms with E-state index in [1.54, 1.807) is 18.0 Å². The molecule has 1 aromatic rings. The Morgan fingerprint density at radius 1 is 1.67 bits per heavy atom. The van der Waals surface area contributed by atoms with Crippen molar-refractivity contribution in [1.82, 2.24) is 10.2 Å². The lowest BCUT2D eigenvalue weighted by atomic mass is 10.4. The first kappa shape index (κ1) is 14.5. The second kappa shape index (κ2) is 6.87. The summed E-state index contributed by atoms with van der Waals surface area (Å²) in [6, 6.07) is 1.71. The summed E-state index contributed by atoms with van der Waals surface area (Å²) in [7, 11) is 3.59. The van der Waals surface area contributed by atoms with Gasteiger partial charge in [-0.25, -0.2) is 0 Å². The molecule has 4 nitrogen and oxygen atoms in total. The molecule has 0 saturated carbocycles. The summed E-state index contributed by atoms with van der Waals surface area (Å²) in [5.41, 5.74) is 0. The minimum atomic E-state index is -0.114. The van der Waals surface area contributed by atoms with Gasteiger partial charge in [0.1, 0.15) is 0 Å². The van der Waals surface area contributed by atoms with Crippen LogP contribution in [0.2, 0.25) is 0 Å². The molecular weight excluding hydrogens is 283 g/mol. The van der Waals surface area contributed by atoms with Gasteiger partial charge in [-0.15, -0.1) is 12.4 Å². The average molecular weight is 298 g/mol. The maximum absolute atomic E-state index is 11.7. The topological polar surface area (TPSA) is 45.5 Å². The van der Waals surface area contributed by atoms with E-state index in [0.717, 1.165) is 6.54 Å². The van der Waals surface area contributed by atoms with Crippen molar-refractivity contribution < 1.29 is 9.21 Å². The van der Waals surface area contributed by atoms with Crippen molar-refractivity contribution in [1.29, 1.82) is 0 Å². The Balaban J connectivity index is 0.00000196. The number of halogens is 2. The molecule has 0 aliphatic carbocycles. The van der Waals surface area contributed by atoms with E-state index < -0.39 is 0 Å². The van der Waals surface area contributed by atoms with Gasteiger partial charge in [0.2, 0.25) is 5.76 Å². The zero-order chi connectivity index (χ0) is 10.6. The van der Waals surface area contributed by atoms with Crippen LogP contribution in [0.5, 0.6) is 0 Å². The molecule has 1 aromatic heterocycles. The van der Waals surface area contributed by atoms with Gasteiger partial charge in [0.05, 0.1) is 10.7 Å². The highest BCUT2D eigenvalue weighted by Crippen LogP contribution is 2.18. The quantitative estimate of drug-likeness (QED) is 0.921.